The summed E-state index contributed by atoms with van der Waals surface area (Å²) in [5, 5.41) is 4.63. The van der Waals surface area contributed by atoms with Crippen LogP contribution in [0, 0.1) is 6.92 Å². The molecule has 1 aliphatic heterocycles. The van der Waals surface area contributed by atoms with Gasteiger partial charge in [-0.3, -0.25) is 9.48 Å². The van der Waals surface area contributed by atoms with E-state index < -0.39 is 0 Å². The maximum absolute atomic E-state index is 12.8. The highest BCUT2D eigenvalue weighted by molar-refractivity contribution is 5.92. The van der Waals surface area contributed by atoms with E-state index in [1.54, 1.807) is 13.2 Å². The molecule has 1 aliphatic rings. The van der Waals surface area contributed by atoms with Crippen LogP contribution in [0.25, 0.3) is 0 Å². The number of aromatic nitrogens is 3. The molecule has 0 fully saturated rings. The summed E-state index contributed by atoms with van der Waals surface area (Å²) in [5.74, 6) is 0.0648. The molecule has 0 saturated carbocycles. The molecule has 0 bridgehead atoms. The lowest BCUT2D eigenvalue weighted by molar-refractivity contribution is 0.0672. The van der Waals surface area contributed by atoms with Crippen LogP contribution in [0.4, 0.5) is 0 Å². The van der Waals surface area contributed by atoms with Crippen LogP contribution in [-0.2, 0) is 17.8 Å². The Labute approximate surface area is 136 Å². The summed E-state index contributed by atoms with van der Waals surface area (Å²) in [6, 6.07) is 5.53. The number of hydrogen-bond acceptors (Lipinski definition) is 4. The summed E-state index contributed by atoms with van der Waals surface area (Å²) < 4.78 is 7.25. The molecule has 6 heteroatoms. The van der Waals surface area contributed by atoms with Crippen LogP contribution in [0.15, 0.2) is 24.4 Å². The van der Waals surface area contributed by atoms with E-state index in [2.05, 4.69) is 17.0 Å². The highest BCUT2D eigenvalue weighted by Gasteiger charge is 2.31. The molecule has 1 amide bonds. The van der Waals surface area contributed by atoms with Crippen molar-refractivity contribution in [1.29, 1.82) is 0 Å². The van der Waals surface area contributed by atoms with E-state index in [1.165, 1.54) is 0 Å². The fraction of sp³-hybridized carbons (Fsp3) is 0.471. The number of ether oxygens (including phenoxy) is 1. The summed E-state index contributed by atoms with van der Waals surface area (Å²) >= 11 is 0. The maximum atomic E-state index is 12.8. The number of amides is 1. The second-order valence-electron chi connectivity index (χ2n) is 5.90. The maximum Gasteiger partial charge on any atom is 0.272 e. The molecule has 2 aromatic rings. The van der Waals surface area contributed by atoms with E-state index in [0.29, 0.717) is 25.4 Å². The lowest BCUT2D eigenvalue weighted by atomic mass is 9.97. The SMILES string of the molecule is CCn1cc2c(n1)C(COC)CN(C(=O)c1cccc(C)n1)C2. The van der Waals surface area contributed by atoms with Crippen molar-refractivity contribution in [1.82, 2.24) is 19.7 Å². The molecule has 23 heavy (non-hydrogen) atoms. The first-order valence-electron chi connectivity index (χ1n) is 7.90. The van der Waals surface area contributed by atoms with Crippen molar-refractivity contribution in [2.24, 2.45) is 0 Å². The van der Waals surface area contributed by atoms with Gasteiger partial charge in [-0.25, -0.2) is 4.98 Å². The Hall–Kier alpha value is -2.21. The van der Waals surface area contributed by atoms with Crippen LogP contribution in [0.3, 0.4) is 0 Å². The second kappa shape index (κ2) is 6.50. The van der Waals surface area contributed by atoms with E-state index in [0.717, 1.165) is 23.5 Å². The Morgan fingerprint density at radius 3 is 2.96 bits per heavy atom. The summed E-state index contributed by atoms with van der Waals surface area (Å²) in [6.45, 7) is 6.51. The van der Waals surface area contributed by atoms with E-state index in [4.69, 9.17) is 4.74 Å². The zero-order valence-corrected chi connectivity index (χ0v) is 13.8. The number of fused-ring (bicyclic) bond motifs is 1. The Morgan fingerprint density at radius 2 is 2.26 bits per heavy atom. The molecule has 0 saturated heterocycles. The van der Waals surface area contributed by atoms with Gasteiger partial charge in [0.25, 0.3) is 5.91 Å². The molecule has 3 heterocycles. The van der Waals surface area contributed by atoms with Gasteiger partial charge < -0.3 is 9.64 Å². The minimum Gasteiger partial charge on any atom is -0.384 e. The van der Waals surface area contributed by atoms with Crippen LogP contribution in [0.1, 0.15) is 40.3 Å². The van der Waals surface area contributed by atoms with Crippen molar-refractivity contribution in [2.45, 2.75) is 32.9 Å². The van der Waals surface area contributed by atoms with Crippen LogP contribution in [0.2, 0.25) is 0 Å². The Kier molecular flexibility index (Phi) is 4.43. The lowest BCUT2D eigenvalue weighted by Gasteiger charge is -2.31. The third kappa shape index (κ3) is 3.12. The highest BCUT2D eigenvalue weighted by Crippen LogP contribution is 2.28. The minimum absolute atomic E-state index is 0.0373. The van der Waals surface area contributed by atoms with Gasteiger partial charge in [0, 0.05) is 50.1 Å². The monoisotopic (exact) mass is 314 g/mol. The summed E-state index contributed by atoms with van der Waals surface area (Å²) in [5.41, 5.74) is 3.49. The number of aryl methyl sites for hydroxylation is 2. The van der Waals surface area contributed by atoms with Crippen molar-refractivity contribution in [3.05, 3.63) is 47.0 Å². The van der Waals surface area contributed by atoms with Gasteiger partial charge in [0.15, 0.2) is 0 Å². The molecule has 6 nitrogen and oxygen atoms in total. The molecule has 0 N–H and O–H groups in total. The molecule has 2 aromatic heterocycles. The van der Waals surface area contributed by atoms with Crippen LogP contribution >= 0.6 is 0 Å². The van der Waals surface area contributed by atoms with Gasteiger partial charge in [-0.2, -0.15) is 5.10 Å². The van der Waals surface area contributed by atoms with Gasteiger partial charge >= 0.3 is 0 Å². The predicted octanol–water partition coefficient (Wildman–Crippen LogP) is 1.99. The number of carbonyl (C=O) groups is 1. The molecule has 1 unspecified atom stereocenters. The average molecular weight is 314 g/mol. The number of hydrogen-bond donors (Lipinski definition) is 0. The van der Waals surface area contributed by atoms with Crippen molar-refractivity contribution in [2.75, 3.05) is 20.3 Å². The first-order chi connectivity index (χ1) is 11.1. The van der Waals surface area contributed by atoms with Crippen molar-refractivity contribution >= 4 is 5.91 Å². The third-order valence-electron chi connectivity index (χ3n) is 4.15. The summed E-state index contributed by atoms with van der Waals surface area (Å²) in [4.78, 5) is 19.0. The van der Waals surface area contributed by atoms with Gasteiger partial charge in [-0.1, -0.05) is 6.07 Å². The van der Waals surface area contributed by atoms with Gasteiger partial charge in [-0.05, 0) is 26.0 Å². The zero-order chi connectivity index (χ0) is 16.4. The molecule has 3 rings (SSSR count). The quantitative estimate of drug-likeness (QED) is 0.866. The third-order valence-corrected chi connectivity index (χ3v) is 4.15. The number of carbonyl (C=O) groups excluding carboxylic acids is 1. The largest absolute Gasteiger partial charge is 0.384 e. The van der Waals surface area contributed by atoms with E-state index >= 15 is 0 Å². The predicted molar refractivity (Wildman–Crippen MR) is 86.2 cm³/mol. The minimum atomic E-state index is -0.0373. The van der Waals surface area contributed by atoms with Crippen molar-refractivity contribution in [3.63, 3.8) is 0 Å². The molecular weight excluding hydrogens is 292 g/mol. The van der Waals surface area contributed by atoms with Crippen LogP contribution < -0.4 is 0 Å². The topological polar surface area (TPSA) is 60.2 Å². The van der Waals surface area contributed by atoms with Crippen molar-refractivity contribution < 1.29 is 9.53 Å². The normalized spacial score (nSPS) is 17.2. The lowest BCUT2D eigenvalue weighted by Crippen LogP contribution is -2.39. The van der Waals surface area contributed by atoms with E-state index in [-0.39, 0.29) is 11.8 Å². The molecule has 0 spiro atoms. The first-order valence-corrected chi connectivity index (χ1v) is 7.90. The molecule has 122 valence electrons. The zero-order valence-electron chi connectivity index (χ0n) is 13.8. The molecular formula is C17H22N4O2. The number of nitrogens with zero attached hydrogens (tertiary/aromatic N) is 4. The highest BCUT2D eigenvalue weighted by atomic mass is 16.5. The van der Waals surface area contributed by atoms with E-state index in [9.17, 15) is 4.79 Å². The Morgan fingerprint density at radius 1 is 1.43 bits per heavy atom. The van der Waals surface area contributed by atoms with E-state index in [1.807, 2.05) is 34.8 Å². The Bertz CT molecular complexity index is 710. The fourth-order valence-electron chi connectivity index (χ4n) is 3.04. The summed E-state index contributed by atoms with van der Waals surface area (Å²) in [7, 11) is 1.68. The summed E-state index contributed by atoms with van der Waals surface area (Å²) in [6.07, 6.45) is 2.03. The van der Waals surface area contributed by atoms with Gasteiger partial charge in [0.1, 0.15) is 5.69 Å². The van der Waals surface area contributed by atoms with Gasteiger partial charge in [0.05, 0.1) is 12.3 Å². The van der Waals surface area contributed by atoms with Crippen molar-refractivity contribution in [3.8, 4) is 0 Å². The van der Waals surface area contributed by atoms with Crippen LogP contribution in [-0.4, -0.2) is 45.8 Å². The average Bonchev–Trinajstić information content (AvgIpc) is 2.98. The molecule has 0 aromatic carbocycles. The Balaban J connectivity index is 1.88. The second-order valence-corrected chi connectivity index (χ2v) is 5.90. The van der Waals surface area contributed by atoms with Crippen LogP contribution in [0.5, 0.6) is 0 Å². The first kappa shape index (κ1) is 15.7. The number of pyridine rings is 1. The molecule has 0 radical (unpaired) electrons. The standard InChI is InChI=1S/C17H22N4O2/c1-4-21-10-13-8-20(9-14(11-23-3)16(13)19-21)17(22)15-7-5-6-12(2)18-15/h5-7,10,14H,4,8-9,11H2,1-3H3. The smallest absolute Gasteiger partial charge is 0.272 e. The van der Waals surface area contributed by atoms with Gasteiger partial charge in [-0.15, -0.1) is 0 Å². The number of rotatable bonds is 4. The number of methoxy groups -OCH3 is 1. The fourth-order valence-corrected chi connectivity index (χ4v) is 3.04. The molecule has 0 aliphatic carbocycles. The van der Waals surface area contributed by atoms with Gasteiger partial charge in [0.2, 0.25) is 0 Å². The molecule has 1 atom stereocenters.